The average Bonchev–Trinajstić information content (AvgIpc) is 2.99. The third-order valence-electron chi connectivity index (χ3n) is 7.70. The number of piperidine rings is 2. The quantitative estimate of drug-likeness (QED) is 0.214. The lowest BCUT2D eigenvalue weighted by molar-refractivity contribution is 0.127. The van der Waals surface area contributed by atoms with E-state index < -0.39 is 11.3 Å². The number of hydrogen-bond donors (Lipinski definition) is 5. The molecule has 0 bridgehead atoms. The van der Waals surface area contributed by atoms with Gasteiger partial charge in [0.05, 0.1) is 19.0 Å². The minimum Gasteiger partial charge on any atom is -0.495 e. The van der Waals surface area contributed by atoms with Gasteiger partial charge in [0.1, 0.15) is 10.8 Å². The van der Waals surface area contributed by atoms with Crippen LogP contribution in [0.2, 0.25) is 5.02 Å². The molecule has 12 heteroatoms. The van der Waals surface area contributed by atoms with Gasteiger partial charge in [-0.3, -0.25) is 4.55 Å². The predicted octanol–water partition coefficient (Wildman–Crippen LogP) is 4.78. The van der Waals surface area contributed by atoms with Gasteiger partial charge in [0.2, 0.25) is 17.2 Å². The van der Waals surface area contributed by atoms with Crippen LogP contribution in [-0.4, -0.2) is 63.0 Å². The summed E-state index contributed by atoms with van der Waals surface area (Å²) in [4.78, 5) is 11.6. The van der Waals surface area contributed by atoms with Crippen molar-refractivity contribution in [2.24, 2.45) is 0 Å². The molecule has 0 saturated carbocycles. The van der Waals surface area contributed by atoms with Crippen molar-refractivity contribution >= 4 is 46.0 Å². The van der Waals surface area contributed by atoms with E-state index in [4.69, 9.17) is 20.9 Å². The van der Waals surface area contributed by atoms with Crippen molar-refractivity contribution in [2.45, 2.75) is 44.2 Å². The summed E-state index contributed by atoms with van der Waals surface area (Å²) < 4.78 is 28.4. The Balaban J connectivity index is 1.26. The molecule has 1 atom stereocenters. The van der Waals surface area contributed by atoms with Gasteiger partial charge in [0.25, 0.3) is 0 Å². The zero-order valence-electron chi connectivity index (χ0n) is 22.5. The number of nitrogens with zero attached hydrogens (tertiary/aromatic N) is 3. The molecule has 2 aromatic carbocycles. The van der Waals surface area contributed by atoms with Crippen molar-refractivity contribution in [1.82, 2.24) is 24.9 Å². The first-order valence-electron chi connectivity index (χ1n) is 13.6. The van der Waals surface area contributed by atoms with Crippen LogP contribution >= 0.6 is 11.6 Å². The summed E-state index contributed by atoms with van der Waals surface area (Å²) in [6, 6.07) is 14.4. The number of methoxy groups -OCH3 is 1. The highest BCUT2D eigenvalue weighted by Crippen LogP contribution is 2.36. The van der Waals surface area contributed by atoms with Crippen molar-refractivity contribution < 1.29 is 13.5 Å². The molecule has 10 nitrogen and oxygen atoms in total. The van der Waals surface area contributed by atoms with Gasteiger partial charge in [0.15, 0.2) is 5.82 Å². The first-order valence-corrected chi connectivity index (χ1v) is 15.1. The fourth-order valence-corrected chi connectivity index (χ4v) is 5.95. The number of rotatable bonds is 10. The van der Waals surface area contributed by atoms with Crippen LogP contribution in [-0.2, 0) is 17.8 Å². The van der Waals surface area contributed by atoms with Crippen LogP contribution in [0.25, 0.3) is 0 Å². The Morgan fingerprint density at radius 2 is 1.88 bits per heavy atom. The van der Waals surface area contributed by atoms with E-state index in [9.17, 15) is 4.21 Å². The molecule has 40 heavy (non-hydrogen) atoms. The molecule has 3 aromatic rings. The summed E-state index contributed by atoms with van der Waals surface area (Å²) in [5, 5.41) is 10.3. The standard InChI is InChI=1S/C28H36ClN7O3S/c1-39-26-16-20(19-10-14-36(15-11-19)22-8-12-30-13-9-22)6-7-25(26)34-28-31-18-23(29)27(35-28)33-24-5-3-2-4-21(24)17-32-40(37)38/h2-7,16,18-19,22,30,32H,8-15,17H2,1H3,(H,37,38)(H2,31,33,34,35). The van der Waals surface area contributed by atoms with Gasteiger partial charge in [-0.05, 0) is 87.1 Å². The van der Waals surface area contributed by atoms with Crippen LogP contribution in [0.15, 0.2) is 48.7 Å². The second-order valence-corrected chi connectivity index (χ2v) is 11.3. The highest BCUT2D eigenvalue weighted by Gasteiger charge is 2.27. The van der Waals surface area contributed by atoms with Gasteiger partial charge in [0, 0.05) is 18.3 Å². The van der Waals surface area contributed by atoms with E-state index in [1.54, 1.807) is 7.11 Å². The number of para-hydroxylation sites is 1. The Kier molecular flexibility index (Phi) is 9.84. The number of hydrogen-bond acceptors (Lipinski definition) is 8. The Bertz CT molecular complexity index is 1320. The van der Waals surface area contributed by atoms with Crippen molar-refractivity contribution in [3.05, 3.63) is 64.8 Å². The lowest BCUT2D eigenvalue weighted by Gasteiger charge is -2.39. The Hall–Kier alpha value is -2.80. The van der Waals surface area contributed by atoms with Crippen molar-refractivity contribution in [3.63, 3.8) is 0 Å². The molecule has 1 unspecified atom stereocenters. The van der Waals surface area contributed by atoms with E-state index >= 15 is 0 Å². The molecule has 5 N–H and O–H groups in total. The lowest BCUT2D eigenvalue weighted by Crippen LogP contribution is -2.46. The van der Waals surface area contributed by atoms with Crippen molar-refractivity contribution in [2.75, 3.05) is 43.9 Å². The van der Waals surface area contributed by atoms with Gasteiger partial charge in [-0.25, -0.2) is 13.9 Å². The summed E-state index contributed by atoms with van der Waals surface area (Å²) in [7, 11) is 1.67. The number of ether oxygens (including phenoxy) is 1. The molecule has 0 spiro atoms. The normalized spacial score (nSPS) is 17.9. The van der Waals surface area contributed by atoms with Crippen LogP contribution in [0.1, 0.15) is 42.7 Å². The second kappa shape index (κ2) is 13.7. The summed E-state index contributed by atoms with van der Waals surface area (Å²) in [6.07, 6.45) is 6.33. The summed E-state index contributed by atoms with van der Waals surface area (Å²) >= 11 is 4.29. The molecular formula is C28H36ClN7O3S. The van der Waals surface area contributed by atoms with Crippen LogP contribution in [0.5, 0.6) is 5.75 Å². The third kappa shape index (κ3) is 7.28. The van der Waals surface area contributed by atoms with Crippen molar-refractivity contribution in [1.29, 1.82) is 0 Å². The first-order chi connectivity index (χ1) is 19.5. The minimum absolute atomic E-state index is 0.195. The molecule has 3 heterocycles. The molecule has 0 radical (unpaired) electrons. The zero-order valence-corrected chi connectivity index (χ0v) is 24.1. The Labute approximate surface area is 242 Å². The Morgan fingerprint density at radius 3 is 2.62 bits per heavy atom. The van der Waals surface area contributed by atoms with Gasteiger partial charge in [-0.2, -0.15) is 4.98 Å². The van der Waals surface area contributed by atoms with E-state index in [0.29, 0.717) is 28.4 Å². The fourth-order valence-electron chi connectivity index (χ4n) is 5.53. The number of halogens is 1. The maximum absolute atomic E-state index is 11.1. The molecular weight excluding hydrogens is 550 g/mol. The third-order valence-corrected chi connectivity index (χ3v) is 8.37. The van der Waals surface area contributed by atoms with Gasteiger partial charge >= 0.3 is 0 Å². The second-order valence-electron chi connectivity index (χ2n) is 10.1. The average molecular weight is 586 g/mol. The van der Waals surface area contributed by atoms with E-state index in [1.807, 2.05) is 30.3 Å². The molecule has 214 valence electrons. The highest BCUT2D eigenvalue weighted by atomic mass is 35.5. The molecule has 1 aromatic heterocycles. The first kappa shape index (κ1) is 28.7. The number of likely N-dealkylation sites (tertiary alicyclic amines) is 1. The lowest BCUT2D eigenvalue weighted by atomic mass is 9.88. The summed E-state index contributed by atoms with van der Waals surface area (Å²) in [5.74, 6) is 2.02. The maximum atomic E-state index is 11.1. The largest absolute Gasteiger partial charge is 0.495 e. The van der Waals surface area contributed by atoms with Crippen LogP contribution in [0, 0.1) is 0 Å². The van der Waals surface area contributed by atoms with E-state index in [2.05, 4.69) is 47.7 Å². The minimum atomic E-state index is -2.12. The van der Waals surface area contributed by atoms with Crippen LogP contribution < -0.4 is 25.4 Å². The SMILES string of the molecule is COc1cc(C2CCN(C3CCNCC3)CC2)ccc1Nc1ncc(Cl)c(Nc2ccccc2CNS(=O)O)n1. The number of anilines is 4. The maximum Gasteiger partial charge on any atom is 0.232 e. The van der Waals surface area contributed by atoms with E-state index in [0.717, 1.165) is 62.1 Å². The smallest absolute Gasteiger partial charge is 0.232 e. The Morgan fingerprint density at radius 1 is 1.10 bits per heavy atom. The van der Waals surface area contributed by atoms with Crippen LogP contribution in [0.3, 0.4) is 0 Å². The van der Waals surface area contributed by atoms with Gasteiger partial charge in [-0.1, -0.05) is 35.9 Å². The van der Waals surface area contributed by atoms with Gasteiger partial charge in [-0.15, -0.1) is 0 Å². The molecule has 2 saturated heterocycles. The highest BCUT2D eigenvalue weighted by molar-refractivity contribution is 7.77. The molecule has 2 fully saturated rings. The molecule has 5 rings (SSSR count). The van der Waals surface area contributed by atoms with Crippen LogP contribution in [0.4, 0.5) is 23.1 Å². The molecule has 2 aliphatic heterocycles. The monoisotopic (exact) mass is 585 g/mol. The fraction of sp³-hybridized carbons (Fsp3) is 0.429. The molecule has 0 aliphatic carbocycles. The molecule has 2 aliphatic rings. The zero-order chi connectivity index (χ0) is 27.9. The summed E-state index contributed by atoms with van der Waals surface area (Å²) in [6.45, 7) is 4.74. The van der Waals surface area contributed by atoms with E-state index in [1.165, 1.54) is 24.6 Å². The molecule has 0 amide bonds. The number of aromatic nitrogens is 2. The topological polar surface area (TPSA) is 124 Å². The number of benzene rings is 2. The number of nitrogens with one attached hydrogen (secondary N) is 4. The van der Waals surface area contributed by atoms with Crippen molar-refractivity contribution in [3.8, 4) is 5.75 Å². The predicted molar refractivity (Wildman–Crippen MR) is 160 cm³/mol. The summed E-state index contributed by atoms with van der Waals surface area (Å²) in [5.41, 5.74) is 3.55. The van der Waals surface area contributed by atoms with E-state index in [-0.39, 0.29) is 6.54 Å². The van der Waals surface area contributed by atoms with Gasteiger partial charge < -0.3 is 25.6 Å².